The summed E-state index contributed by atoms with van der Waals surface area (Å²) in [6.45, 7) is 0. The minimum absolute atomic E-state index is 0.0754. The summed E-state index contributed by atoms with van der Waals surface area (Å²) in [7, 11) is 3.37. The van der Waals surface area contributed by atoms with Gasteiger partial charge in [-0.3, -0.25) is 9.59 Å². The molecule has 5 nitrogen and oxygen atoms in total. The summed E-state index contributed by atoms with van der Waals surface area (Å²) in [5, 5.41) is 0. The van der Waals surface area contributed by atoms with Crippen molar-refractivity contribution in [3.8, 4) is 0 Å². The van der Waals surface area contributed by atoms with E-state index in [4.69, 9.17) is 4.42 Å². The Morgan fingerprint density at radius 1 is 1.04 bits per heavy atom. The summed E-state index contributed by atoms with van der Waals surface area (Å²) in [6.07, 6.45) is 7.21. The first-order chi connectivity index (χ1) is 12.1. The second-order valence-electron chi connectivity index (χ2n) is 6.42. The highest BCUT2D eigenvalue weighted by atomic mass is 16.4. The number of oxazole rings is 1. The monoisotopic (exact) mass is 342 g/mol. The molecule has 0 bridgehead atoms. The average Bonchev–Trinajstić information content (AvgIpc) is 3.07. The first-order valence-electron chi connectivity index (χ1n) is 8.78. The zero-order chi connectivity index (χ0) is 18.1. The Bertz CT molecular complexity index is 677. The summed E-state index contributed by atoms with van der Waals surface area (Å²) in [5.41, 5.74) is 1.36. The summed E-state index contributed by atoms with van der Waals surface area (Å²) in [4.78, 5) is 29.2. The third-order valence-corrected chi connectivity index (χ3v) is 4.08. The molecule has 0 aliphatic rings. The minimum Gasteiger partial charge on any atom is -0.438 e. The topological polar surface area (TPSA) is 63.4 Å². The van der Waals surface area contributed by atoms with Crippen LogP contribution in [-0.2, 0) is 17.6 Å². The van der Waals surface area contributed by atoms with Crippen LogP contribution in [0.3, 0.4) is 0 Å². The van der Waals surface area contributed by atoms with Gasteiger partial charge in [0.1, 0.15) is 5.76 Å². The van der Waals surface area contributed by atoms with Gasteiger partial charge >= 0.3 is 0 Å². The molecule has 0 fully saturated rings. The molecule has 134 valence electrons. The van der Waals surface area contributed by atoms with E-state index in [9.17, 15) is 9.59 Å². The lowest BCUT2D eigenvalue weighted by Gasteiger charge is -2.07. The van der Waals surface area contributed by atoms with E-state index in [1.165, 1.54) is 16.7 Å². The molecule has 1 aromatic heterocycles. The van der Waals surface area contributed by atoms with E-state index in [0.717, 1.165) is 32.1 Å². The molecule has 0 unspecified atom stereocenters. The predicted octanol–water partition coefficient (Wildman–Crippen LogP) is 3.68. The SMILES string of the molecule is CN(C)C(=O)Cc1cnc(C(=O)CCCCCCc2ccccc2)o1. The van der Waals surface area contributed by atoms with Crippen molar-refractivity contribution in [2.24, 2.45) is 0 Å². The summed E-state index contributed by atoms with van der Waals surface area (Å²) < 4.78 is 5.39. The van der Waals surface area contributed by atoms with Gasteiger partial charge in [-0.25, -0.2) is 4.98 Å². The van der Waals surface area contributed by atoms with Crippen molar-refractivity contribution in [3.63, 3.8) is 0 Å². The number of unbranched alkanes of at least 4 members (excludes halogenated alkanes) is 3. The first kappa shape index (κ1) is 18.9. The van der Waals surface area contributed by atoms with Crippen LogP contribution in [0.15, 0.2) is 40.9 Å². The highest BCUT2D eigenvalue weighted by molar-refractivity contribution is 5.91. The number of amides is 1. The zero-order valence-electron chi connectivity index (χ0n) is 15.0. The minimum atomic E-state index is -0.0911. The van der Waals surface area contributed by atoms with Gasteiger partial charge in [-0.15, -0.1) is 0 Å². The number of hydrogen-bond donors (Lipinski definition) is 0. The highest BCUT2D eigenvalue weighted by Crippen LogP contribution is 2.12. The Morgan fingerprint density at radius 2 is 1.76 bits per heavy atom. The van der Waals surface area contributed by atoms with Gasteiger partial charge < -0.3 is 9.32 Å². The second-order valence-corrected chi connectivity index (χ2v) is 6.42. The molecule has 0 spiro atoms. The Morgan fingerprint density at radius 3 is 2.48 bits per heavy atom. The van der Waals surface area contributed by atoms with Crippen molar-refractivity contribution in [1.82, 2.24) is 9.88 Å². The Labute approximate surface area is 149 Å². The van der Waals surface area contributed by atoms with Crippen molar-refractivity contribution in [3.05, 3.63) is 53.7 Å². The molecule has 1 amide bonds. The maximum absolute atomic E-state index is 12.1. The Kier molecular flexibility index (Phi) is 7.38. The largest absolute Gasteiger partial charge is 0.438 e. The number of benzene rings is 1. The first-order valence-corrected chi connectivity index (χ1v) is 8.78. The number of aryl methyl sites for hydroxylation is 1. The second kappa shape index (κ2) is 9.77. The van der Waals surface area contributed by atoms with Crippen LogP contribution in [0.2, 0.25) is 0 Å². The number of Topliss-reactive ketones (excluding diaryl/α,β-unsaturated/α-hetero) is 1. The number of hydrogen-bond acceptors (Lipinski definition) is 4. The van der Waals surface area contributed by atoms with Crippen LogP contribution in [0.5, 0.6) is 0 Å². The molecular formula is C20H26N2O3. The van der Waals surface area contributed by atoms with Crippen LogP contribution < -0.4 is 0 Å². The van der Waals surface area contributed by atoms with Crippen LogP contribution >= 0.6 is 0 Å². The van der Waals surface area contributed by atoms with Gasteiger partial charge in [0.2, 0.25) is 11.7 Å². The molecule has 0 radical (unpaired) electrons. The van der Waals surface area contributed by atoms with Crippen molar-refractivity contribution in [2.75, 3.05) is 14.1 Å². The van der Waals surface area contributed by atoms with E-state index in [0.29, 0.717) is 12.2 Å². The Balaban J connectivity index is 1.63. The molecule has 0 aliphatic carbocycles. The molecule has 0 saturated carbocycles. The number of likely N-dealkylation sites (N-methyl/N-ethyl adjacent to an activating group) is 1. The fourth-order valence-electron chi connectivity index (χ4n) is 2.55. The van der Waals surface area contributed by atoms with Crippen molar-refractivity contribution in [2.45, 2.75) is 44.9 Å². The van der Waals surface area contributed by atoms with Crippen LogP contribution in [-0.4, -0.2) is 35.7 Å². The van der Waals surface area contributed by atoms with E-state index in [1.807, 2.05) is 6.07 Å². The molecule has 2 rings (SSSR count). The highest BCUT2D eigenvalue weighted by Gasteiger charge is 2.15. The quantitative estimate of drug-likeness (QED) is 0.488. The molecular weight excluding hydrogens is 316 g/mol. The summed E-state index contributed by atoms with van der Waals surface area (Å²) in [5.74, 6) is 0.385. The van der Waals surface area contributed by atoms with E-state index >= 15 is 0 Å². The summed E-state index contributed by atoms with van der Waals surface area (Å²) >= 11 is 0. The molecule has 5 heteroatoms. The van der Waals surface area contributed by atoms with Crippen molar-refractivity contribution < 1.29 is 14.0 Å². The van der Waals surface area contributed by atoms with Crippen LogP contribution in [0.25, 0.3) is 0 Å². The number of carbonyl (C=O) groups is 2. The normalized spacial score (nSPS) is 10.6. The number of aromatic nitrogens is 1. The number of carbonyl (C=O) groups excluding carboxylic acids is 2. The molecule has 2 aromatic rings. The van der Waals surface area contributed by atoms with E-state index < -0.39 is 0 Å². The number of nitrogens with zero attached hydrogens (tertiary/aromatic N) is 2. The van der Waals surface area contributed by atoms with E-state index in [2.05, 4.69) is 29.2 Å². The van der Waals surface area contributed by atoms with E-state index in [-0.39, 0.29) is 24.0 Å². The van der Waals surface area contributed by atoms with Gasteiger partial charge in [-0.1, -0.05) is 43.2 Å². The van der Waals surface area contributed by atoms with Gasteiger partial charge in [-0.05, 0) is 24.8 Å². The summed E-state index contributed by atoms with van der Waals surface area (Å²) in [6, 6.07) is 10.4. The van der Waals surface area contributed by atoms with Gasteiger partial charge in [0.15, 0.2) is 0 Å². The molecule has 0 aliphatic heterocycles. The molecule has 25 heavy (non-hydrogen) atoms. The lowest BCUT2D eigenvalue weighted by atomic mass is 10.0. The van der Waals surface area contributed by atoms with Gasteiger partial charge in [-0.2, -0.15) is 0 Å². The molecule has 0 saturated heterocycles. The number of rotatable bonds is 10. The third kappa shape index (κ3) is 6.53. The molecule has 0 atom stereocenters. The molecule has 1 aromatic carbocycles. The lowest BCUT2D eigenvalue weighted by molar-refractivity contribution is -0.128. The van der Waals surface area contributed by atoms with Gasteiger partial charge in [0.25, 0.3) is 5.89 Å². The van der Waals surface area contributed by atoms with Crippen molar-refractivity contribution >= 4 is 11.7 Å². The maximum Gasteiger partial charge on any atom is 0.263 e. The molecule has 1 heterocycles. The van der Waals surface area contributed by atoms with Crippen LogP contribution in [0, 0.1) is 0 Å². The zero-order valence-corrected chi connectivity index (χ0v) is 15.0. The predicted molar refractivity (Wildman–Crippen MR) is 96.5 cm³/mol. The lowest BCUT2D eigenvalue weighted by Crippen LogP contribution is -2.23. The van der Waals surface area contributed by atoms with Crippen molar-refractivity contribution in [1.29, 1.82) is 0 Å². The van der Waals surface area contributed by atoms with Gasteiger partial charge in [0.05, 0.1) is 12.6 Å². The standard InChI is InChI=1S/C20H26N2O3/c1-22(2)19(24)14-17-15-21-20(25-17)18(23)13-9-4-3-6-10-16-11-7-5-8-12-16/h5,7-8,11-12,15H,3-4,6,9-10,13-14H2,1-2H3. The third-order valence-electron chi connectivity index (χ3n) is 4.08. The van der Waals surface area contributed by atoms with Gasteiger partial charge in [0, 0.05) is 20.5 Å². The maximum atomic E-state index is 12.1. The average molecular weight is 342 g/mol. The van der Waals surface area contributed by atoms with Crippen LogP contribution in [0.4, 0.5) is 0 Å². The Hall–Kier alpha value is -2.43. The smallest absolute Gasteiger partial charge is 0.263 e. The number of ketones is 1. The molecule has 0 N–H and O–H groups in total. The van der Waals surface area contributed by atoms with E-state index in [1.54, 1.807) is 14.1 Å². The fraction of sp³-hybridized carbons (Fsp3) is 0.450. The fourth-order valence-corrected chi connectivity index (χ4v) is 2.55. The van der Waals surface area contributed by atoms with Crippen LogP contribution in [0.1, 0.15) is 54.1 Å².